The highest BCUT2D eigenvalue weighted by Crippen LogP contribution is 2.18. The van der Waals surface area contributed by atoms with Gasteiger partial charge in [-0.1, -0.05) is 20.8 Å². The summed E-state index contributed by atoms with van der Waals surface area (Å²) < 4.78 is 4.98. The second-order valence-electron chi connectivity index (χ2n) is 5.68. The van der Waals surface area contributed by atoms with E-state index in [9.17, 15) is 4.79 Å². The van der Waals surface area contributed by atoms with Crippen molar-refractivity contribution in [2.24, 2.45) is 16.1 Å². The van der Waals surface area contributed by atoms with Crippen molar-refractivity contribution in [2.75, 3.05) is 19.7 Å². The summed E-state index contributed by atoms with van der Waals surface area (Å²) in [5, 5.41) is 0. The average Bonchev–Trinajstić information content (AvgIpc) is 2.29. The largest absolute Gasteiger partial charge is 0.450 e. The molecule has 0 aliphatic carbocycles. The fraction of sp³-hybridized carbons (Fsp3) is 0.846. The van der Waals surface area contributed by atoms with Crippen molar-refractivity contribution in [1.29, 1.82) is 0 Å². The van der Waals surface area contributed by atoms with Crippen molar-refractivity contribution in [2.45, 2.75) is 46.6 Å². The number of carbonyl (C=O) groups excluding carboxylic acids is 1. The molecular weight excluding hydrogens is 230 g/mol. The number of amidine groups is 1. The lowest BCUT2D eigenvalue weighted by atomic mass is 9.94. The van der Waals surface area contributed by atoms with E-state index in [2.05, 4.69) is 25.8 Å². The third-order valence-corrected chi connectivity index (χ3v) is 3.08. The summed E-state index contributed by atoms with van der Waals surface area (Å²) in [5.74, 6) is 0.692. The number of piperidine rings is 1. The van der Waals surface area contributed by atoms with Crippen LogP contribution in [0.3, 0.4) is 0 Å². The molecule has 1 amide bonds. The van der Waals surface area contributed by atoms with E-state index in [1.54, 1.807) is 4.90 Å². The molecule has 1 fully saturated rings. The number of carbonyl (C=O) groups is 1. The lowest BCUT2D eigenvalue weighted by Gasteiger charge is -2.30. The van der Waals surface area contributed by atoms with Gasteiger partial charge < -0.3 is 15.4 Å². The number of aliphatic imine (C=N–C) groups is 1. The van der Waals surface area contributed by atoms with Gasteiger partial charge in [0.05, 0.1) is 18.5 Å². The number of hydrogen-bond donors (Lipinski definition) is 1. The van der Waals surface area contributed by atoms with Crippen LogP contribution in [0.25, 0.3) is 0 Å². The van der Waals surface area contributed by atoms with Gasteiger partial charge in [0.15, 0.2) is 0 Å². The maximum Gasteiger partial charge on any atom is 0.409 e. The highest BCUT2D eigenvalue weighted by atomic mass is 16.6. The van der Waals surface area contributed by atoms with Gasteiger partial charge in [0.25, 0.3) is 0 Å². The van der Waals surface area contributed by atoms with Crippen LogP contribution in [0, 0.1) is 5.41 Å². The molecule has 1 aliphatic heterocycles. The van der Waals surface area contributed by atoms with Gasteiger partial charge in [0.1, 0.15) is 0 Å². The number of rotatable bonds is 2. The molecule has 5 heteroatoms. The van der Waals surface area contributed by atoms with Crippen LogP contribution in [-0.4, -0.2) is 42.6 Å². The van der Waals surface area contributed by atoms with Gasteiger partial charge in [-0.05, 0) is 19.8 Å². The average molecular weight is 255 g/mol. The van der Waals surface area contributed by atoms with E-state index in [0.717, 1.165) is 12.8 Å². The van der Waals surface area contributed by atoms with Crippen molar-refractivity contribution in [3.63, 3.8) is 0 Å². The van der Waals surface area contributed by atoms with Gasteiger partial charge in [-0.15, -0.1) is 0 Å². The molecule has 1 saturated heterocycles. The summed E-state index contributed by atoms with van der Waals surface area (Å²) in [6.07, 6.45) is 1.49. The molecule has 0 aromatic carbocycles. The van der Waals surface area contributed by atoms with Gasteiger partial charge in [0.2, 0.25) is 0 Å². The van der Waals surface area contributed by atoms with Crippen LogP contribution in [0.5, 0.6) is 0 Å². The molecule has 0 aromatic rings. The molecule has 104 valence electrons. The number of hydrogen-bond acceptors (Lipinski definition) is 3. The van der Waals surface area contributed by atoms with E-state index in [-0.39, 0.29) is 17.6 Å². The van der Waals surface area contributed by atoms with Crippen LogP contribution in [0.2, 0.25) is 0 Å². The minimum absolute atomic E-state index is 0.0850. The zero-order chi connectivity index (χ0) is 13.8. The molecular formula is C13H25N3O2. The van der Waals surface area contributed by atoms with Crippen LogP contribution in [-0.2, 0) is 4.74 Å². The first-order chi connectivity index (χ1) is 8.34. The smallest absolute Gasteiger partial charge is 0.409 e. The van der Waals surface area contributed by atoms with E-state index in [4.69, 9.17) is 10.5 Å². The van der Waals surface area contributed by atoms with E-state index in [1.807, 2.05) is 6.92 Å². The summed E-state index contributed by atoms with van der Waals surface area (Å²) in [6.45, 7) is 9.81. The monoisotopic (exact) mass is 255 g/mol. The second-order valence-corrected chi connectivity index (χ2v) is 5.68. The van der Waals surface area contributed by atoms with Gasteiger partial charge in [-0.3, -0.25) is 4.99 Å². The van der Waals surface area contributed by atoms with Crippen LogP contribution >= 0.6 is 0 Å². The molecule has 0 atom stereocenters. The third-order valence-electron chi connectivity index (χ3n) is 3.08. The van der Waals surface area contributed by atoms with E-state index < -0.39 is 0 Å². The van der Waals surface area contributed by atoms with Crippen LogP contribution in [0.4, 0.5) is 4.79 Å². The molecule has 1 rings (SSSR count). The molecule has 0 bridgehead atoms. The number of ether oxygens (including phenoxy) is 1. The topological polar surface area (TPSA) is 67.9 Å². The second kappa shape index (κ2) is 6.07. The quantitative estimate of drug-likeness (QED) is 0.606. The Morgan fingerprint density at radius 2 is 1.94 bits per heavy atom. The zero-order valence-electron chi connectivity index (χ0n) is 11.9. The Kier molecular flexibility index (Phi) is 4.99. The fourth-order valence-electron chi connectivity index (χ4n) is 1.78. The third kappa shape index (κ3) is 4.20. The number of nitrogens with zero attached hydrogens (tertiary/aromatic N) is 2. The van der Waals surface area contributed by atoms with Crippen LogP contribution in [0.1, 0.15) is 40.5 Å². The predicted octanol–water partition coefficient (Wildman–Crippen LogP) is 2.01. The Morgan fingerprint density at radius 1 is 1.39 bits per heavy atom. The molecule has 0 aromatic heterocycles. The first-order valence-electron chi connectivity index (χ1n) is 6.60. The first kappa shape index (κ1) is 14.8. The normalized spacial score (nSPS) is 18.9. The predicted molar refractivity (Wildman–Crippen MR) is 72.7 cm³/mol. The lowest BCUT2D eigenvalue weighted by Crippen LogP contribution is -2.41. The van der Waals surface area contributed by atoms with Crippen molar-refractivity contribution in [1.82, 2.24) is 4.90 Å². The Bertz CT molecular complexity index is 313. The van der Waals surface area contributed by atoms with Gasteiger partial charge in [-0.2, -0.15) is 0 Å². The highest BCUT2D eigenvalue weighted by molar-refractivity contribution is 5.85. The van der Waals surface area contributed by atoms with E-state index >= 15 is 0 Å². The number of nitrogens with two attached hydrogens (primary N) is 1. The molecule has 0 radical (unpaired) electrons. The summed E-state index contributed by atoms with van der Waals surface area (Å²) in [6, 6.07) is 0.231. The molecule has 0 unspecified atom stereocenters. The summed E-state index contributed by atoms with van der Waals surface area (Å²) in [5.41, 5.74) is 5.88. The van der Waals surface area contributed by atoms with Crippen LogP contribution < -0.4 is 5.73 Å². The summed E-state index contributed by atoms with van der Waals surface area (Å²) in [4.78, 5) is 17.8. The zero-order valence-corrected chi connectivity index (χ0v) is 11.9. The lowest BCUT2D eigenvalue weighted by molar-refractivity contribution is 0.0975. The standard InChI is InChI=1S/C13H25N3O2/c1-5-18-12(17)16-8-6-10(7-9-16)15-11(14)13(2,3)4/h10H,5-9H2,1-4H3,(H2,14,15). The molecule has 2 N–H and O–H groups in total. The summed E-state index contributed by atoms with van der Waals surface area (Å²) >= 11 is 0. The van der Waals surface area contributed by atoms with Gasteiger partial charge in [0, 0.05) is 18.5 Å². The maximum atomic E-state index is 11.5. The number of likely N-dealkylation sites (tertiary alicyclic amines) is 1. The Hall–Kier alpha value is -1.26. The van der Waals surface area contributed by atoms with Gasteiger partial charge in [-0.25, -0.2) is 4.79 Å². The molecule has 1 heterocycles. The van der Waals surface area contributed by atoms with Gasteiger partial charge >= 0.3 is 6.09 Å². The van der Waals surface area contributed by atoms with E-state index in [1.165, 1.54) is 0 Å². The first-order valence-corrected chi connectivity index (χ1v) is 6.60. The minimum atomic E-state index is -0.219. The molecule has 0 saturated carbocycles. The Morgan fingerprint density at radius 3 is 2.39 bits per heavy atom. The summed E-state index contributed by atoms with van der Waals surface area (Å²) in [7, 11) is 0. The number of amides is 1. The highest BCUT2D eigenvalue weighted by Gasteiger charge is 2.24. The van der Waals surface area contributed by atoms with E-state index in [0.29, 0.717) is 25.5 Å². The Balaban J connectivity index is 2.47. The van der Waals surface area contributed by atoms with Crippen molar-refractivity contribution in [3.05, 3.63) is 0 Å². The molecule has 0 spiro atoms. The van der Waals surface area contributed by atoms with Crippen LogP contribution in [0.15, 0.2) is 4.99 Å². The van der Waals surface area contributed by atoms with Crippen molar-refractivity contribution < 1.29 is 9.53 Å². The minimum Gasteiger partial charge on any atom is -0.450 e. The van der Waals surface area contributed by atoms with Crippen molar-refractivity contribution in [3.8, 4) is 0 Å². The van der Waals surface area contributed by atoms with Crippen molar-refractivity contribution >= 4 is 11.9 Å². The SMILES string of the molecule is CCOC(=O)N1CCC(N=C(N)C(C)(C)C)CC1. The fourth-order valence-corrected chi connectivity index (χ4v) is 1.78. The molecule has 5 nitrogen and oxygen atoms in total. The maximum absolute atomic E-state index is 11.5. The molecule has 18 heavy (non-hydrogen) atoms. The Labute approximate surface area is 109 Å². The molecule has 1 aliphatic rings.